The number of rotatable bonds is 4. The molecule has 1 aromatic carbocycles. The minimum atomic E-state index is -3.45. The molecule has 0 amide bonds. The molecule has 0 radical (unpaired) electrons. The summed E-state index contributed by atoms with van der Waals surface area (Å²) in [7, 11) is -1.49. The second kappa shape index (κ2) is 6.73. The van der Waals surface area contributed by atoms with Gasteiger partial charge in [-0.1, -0.05) is 12.1 Å². The predicted molar refractivity (Wildman–Crippen MR) is 89.3 cm³/mol. The van der Waals surface area contributed by atoms with E-state index in [1.165, 1.54) is 4.31 Å². The molecule has 0 spiro atoms. The maximum atomic E-state index is 12.8. The first-order chi connectivity index (χ1) is 11.5. The van der Waals surface area contributed by atoms with Gasteiger partial charge in [0.25, 0.3) is 0 Å². The maximum Gasteiger partial charge on any atom is 0.218 e. The van der Waals surface area contributed by atoms with Gasteiger partial charge >= 0.3 is 0 Å². The number of benzene rings is 1. The Morgan fingerprint density at radius 2 is 2.25 bits per heavy atom. The summed E-state index contributed by atoms with van der Waals surface area (Å²) in [6, 6.07) is 8.68. The zero-order chi connectivity index (χ0) is 17.2. The van der Waals surface area contributed by atoms with Gasteiger partial charge in [-0.05, 0) is 24.7 Å². The van der Waals surface area contributed by atoms with E-state index in [1.54, 1.807) is 36.7 Å². The van der Waals surface area contributed by atoms with Gasteiger partial charge in [0.2, 0.25) is 10.0 Å². The highest BCUT2D eigenvalue weighted by molar-refractivity contribution is 7.88. The highest BCUT2D eigenvalue weighted by atomic mass is 32.2. The van der Waals surface area contributed by atoms with E-state index < -0.39 is 10.0 Å². The third kappa shape index (κ3) is 3.48. The summed E-state index contributed by atoms with van der Waals surface area (Å²) in [5.41, 5.74) is 1.09. The Balaban J connectivity index is 1.78. The number of H-pyrrole nitrogens is 1. The molecular weight excluding hydrogens is 326 g/mol. The van der Waals surface area contributed by atoms with E-state index in [4.69, 9.17) is 5.26 Å². The van der Waals surface area contributed by atoms with Crippen molar-refractivity contribution in [3.05, 3.63) is 53.6 Å². The molecule has 1 aromatic heterocycles. The quantitative estimate of drug-likeness (QED) is 0.896. The number of aromatic nitrogens is 2. The number of piperazine rings is 1. The molecule has 126 valence electrons. The zero-order valence-corrected chi connectivity index (χ0v) is 14.2. The molecule has 7 nitrogen and oxygen atoms in total. The first kappa shape index (κ1) is 16.6. The second-order valence-corrected chi connectivity index (χ2v) is 7.87. The number of likely N-dealkylation sites (N-methyl/N-ethyl adjacent to an activating group) is 1. The first-order valence-electron chi connectivity index (χ1n) is 7.66. The van der Waals surface area contributed by atoms with Crippen LogP contribution < -0.4 is 0 Å². The highest BCUT2D eigenvalue weighted by Gasteiger charge is 2.33. The van der Waals surface area contributed by atoms with Crippen molar-refractivity contribution in [2.24, 2.45) is 0 Å². The maximum absolute atomic E-state index is 12.8. The molecular formula is C16H19N5O2S. The fourth-order valence-corrected chi connectivity index (χ4v) is 4.40. The van der Waals surface area contributed by atoms with Crippen LogP contribution in [-0.4, -0.2) is 54.3 Å². The Hall–Kier alpha value is -2.21. The van der Waals surface area contributed by atoms with Gasteiger partial charge in [0.1, 0.15) is 5.82 Å². The lowest BCUT2D eigenvalue weighted by molar-refractivity contribution is 0.142. The van der Waals surface area contributed by atoms with Crippen molar-refractivity contribution in [1.29, 1.82) is 5.26 Å². The Bertz CT molecular complexity index is 842. The SMILES string of the molecule is CN1CCN(S(=O)(=O)Cc2cccc(C#N)c2)C[C@@H]1c1ncc[nH]1. The summed E-state index contributed by atoms with van der Waals surface area (Å²) >= 11 is 0. The fraction of sp³-hybridized carbons (Fsp3) is 0.375. The van der Waals surface area contributed by atoms with Gasteiger partial charge in [-0.15, -0.1) is 0 Å². The molecule has 1 fully saturated rings. The summed E-state index contributed by atoms with van der Waals surface area (Å²) in [4.78, 5) is 9.42. The molecule has 24 heavy (non-hydrogen) atoms. The number of imidazole rings is 1. The number of aromatic amines is 1. The largest absolute Gasteiger partial charge is 0.347 e. The van der Waals surface area contributed by atoms with E-state index in [-0.39, 0.29) is 11.8 Å². The Labute approximate surface area is 141 Å². The number of nitrogens with zero attached hydrogens (tertiary/aromatic N) is 4. The van der Waals surface area contributed by atoms with Crippen molar-refractivity contribution >= 4 is 10.0 Å². The number of sulfonamides is 1. The third-order valence-corrected chi connectivity index (χ3v) is 6.06. The van der Waals surface area contributed by atoms with Gasteiger partial charge < -0.3 is 4.98 Å². The van der Waals surface area contributed by atoms with Crippen molar-refractivity contribution in [3.8, 4) is 6.07 Å². The van der Waals surface area contributed by atoms with Crippen LogP contribution in [0.1, 0.15) is 23.0 Å². The molecule has 8 heteroatoms. The molecule has 2 heterocycles. The van der Waals surface area contributed by atoms with Gasteiger partial charge in [0, 0.05) is 32.0 Å². The van der Waals surface area contributed by atoms with Crippen LogP contribution in [0.15, 0.2) is 36.7 Å². The summed E-state index contributed by atoms with van der Waals surface area (Å²) in [5, 5.41) is 8.95. The highest BCUT2D eigenvalue weighted by Crippen LogP contribution is 2.24. The van der Waals surface area contributed by atoms with Crippen molar-refractivity contribution in [2.45, 2.75) is 11.8 Å². The van der Waals surface area contributed by atoms with Crippen LogP contribution in [0, 0.1) is 11.3 Å². The van der Waals surface area contributed by atoms with Crippen LogP contribution in [-0.2, 0) is 15.8 Å². The number of hydrogen-bond donors (Lipinski definition) is 1. The second-order valence-electron chi connectivity index (χ2n) is 5.90. The van der Waals surface area contributed by atoms with E-state index in [0.717, 1.165) is 5.82 Å². The molecule has 2 aromatic rings. The van der Waals surface area contributed by atoms with Crippen molar-refractivity contribution in [3.63, 3.8) is 0 Å². The van der Waals surface area contributed by atoms with Crippen LogP contribution in [0.5, 0.6) is 0 Å². The molecule has 1 N–H and O–H groups in total. The average Bonchev–Trinajstić information content (AvgIpc) is 3.09. The van der Waals surface area contributed by atoms with Gasteiger partial charge in [-0.25, -0.2) is 13.4 Å². The van der Waals surface area contributed by atoms with E-state index in [0.29, 0.717) is 30.8 Å². The lowest BCUT2D eigenvalue weighted by Gasteiger charge is -2.37. The Morgan fingerprint density at radius 3 is 2.96 bits per heavy atom. The van der Waals surface area contributed by atoms with E-state index >= 15 is 0 Å². The van der Waals surface area contributed by atoms with Gasteiger partial charge in [-0.3, -0.25) is 4.90 Å². The Morgan fingerprint density at radius 1 is 1.42 bits per heavy atom. The van der Waals surface area contributed by atoms with Crippen LogP contribution in [0.2, 0.25) is 0 Å². The molecule has 0 unspecified atom stereocenters. The van der Waals surface area contributed by atoms with Crippen LogP contribution in [0.3, 0.4) is 0 Å². The average molecular weight is 345 g/mol. The lowest BCUT2D eigenvalue weighted by Crippen LogP contribution is -2.49. The molecule has 1 aliphatic heterocycles. The zero-order valence-electron chi connectivity index (χ0n) is 13.4. The standard InChI is InChI=1S/C16H19N5O2S/c1-20-7-8-21(11-15(20)16-18-5-6-19-16)24(22,23)12-14-4-2-3-13(9-14)10-17/h2-6,9,15H,7-8,11-12H2,1H3,(H,18,19)/t15-/m1/s1. The predicted octanol–water partition coefficient (Wildman–Crippen LogP) is 1.10. The molecule has 0 bridgehead atoms. The van der Waals surface area contributed by atoms with Crippen LogP contribution >= 0.6 is 0 Å². The van der Waals surface area contributed by atoms with Crippen LogP contribution in [0.4, 0.5) is 0 Å². The van der Waals surface area contributed by atoms with E-state index in [1.807, 2.05) is 13.1 Å². The topological polar surface area (TPSA) is 93.1 Å². The first-order valence-corrected chi connectivity index (χ1v) is 9.27. The smallest absolute Gasteiger partial charge is 0.218 e. The summed E-state index contributed by atoms with van der Waals surface area (Å²) in [6.45, 7) is 1.46. The van der Waals surface area contributed by atoms with E-state index in [9.17, 15) is 8.42 Å². The van der Waals surface area contributed by atoms with E-state index in [2.05, 4.69) is 14.9 Å². The molecule has 1 aliphatic rings. The summed E-state index contributed by atoms with van der Waals surface area (Å²) < 4.78 is 27.1. The third-order valence-electron chi connectivity index (χ3n) is 4.24. The van der Waals surface area contributed by atoms with Crippen molar-refractivity contribution in [2.75, 3.05) is 26.7 Å². The minimum Gasteiger partial charge on any atom is -0.347 e. The van der Waals surface area contributed by atoms with Crippen molar-refractivity contribution in [1.82, 2.24) is 19.2 Å². The monoisotopic (exact) mass is 345 g/mol. The Kier molecular flexibility index (Phi) is 4.66. The number of hydrogen-bond acceptors (Lipinski definition) is 5. The number of nitrogens with one attached hydrogen (secondary N) is 1. The minimum absolute atomic E-state index is 0.0889. The summed E-state index contributed by atoms with van der Waals surface area (Å²) in [6.07, 6.45) is 3.41. The summed E-state index contributed by atoms with van der Waals surface area (Å²) in [5.74, 6) is 0.667. The molecule has 1 saturated heterocycles. The van der Waals surface area contributed by atoms with Crippen molar-refractivity contribution < 1.29 is 8.42 Å². The van der Waals surface area contributed by atoms with Crippen LogP contribution in [0.25, 0.3) is 0 Å². The van der Waals surface area contributed by atoms with Gasteiger partial charge in [0.05, 0.1) is 23.4 Å². The fourth-order valence-electron chi connectivity index (χ4n) is 2.89. The van der Waals surface area contributed by atoms with Gasteiger partial charge in [-0.2, -0.15) is 9.57 Å². The number of nitriles is 1. The molecule has 3 rings (SSSR count). The van der Waals surface area contributed by atoms with Gasteiger partial charge in [0.15, 0.2) is 0 Å². The molecule has 0 aliphatic carbocycles. The normalized spacial score (nSPS) is 19.9. The lowest BCUT2D eigenvalue weighted by atomic mass is 10.2. The molecule has 0 saturated carbocycles. The molecule has 1 atom stereocenters.